The van der Waals surface area contributed by atoms with Crippen molar-refractivity contribution in [2.75, 3.05) is 17.7 Å². The molecule has 0 aliphatic heterocycles. The van der Waals surface area contributed by atoms with Crippen LogP contribution in [-0.4, -0.2) is 17.3 Å². The molecule has 0 atom stereocenters. The van der Waals surface area contributed by atoms with Gasteiger partial charge in [-0.05, 0) is 44.5 Å². The first-order valence-electron chi connectivity index (χ1n) is 4.78. The van der Waals surface area contributed by atoms with E-state index in [0.29, 0.717) is 0 Å². The molecule has 0 radical (unpaired) electrons. The monoisotopic (exact) mass is 194 g/mol. The van der Waals surface area contributed by atoms with E-state index in [1.54, 1.807) is 0 Å². The zero-order chi connectivity index (χ0) is 10.6. The molecule has 0 saturated carbocycles. The lowest BCUT2D eigenvalue weighted by Gasteiger charge is -2.26. The lowest BCUT2D eigenvalue weighted by atomic mass is 10.0. The molecule has 0 bridgehead atoms. The topological polar surface area (TPSA) is 58.3 Å². The lowest BCUT2D eigenvalue weighted by Crippen LogP contribution is -2.31. The number of aliphatic hydroxyl groups is 1. The summed E-state index contributed by atoms with van der Waals surface area (Å²) in [6.45, 7) is 4.30. The van der Waals surface area contributed by atoms with Crippen LogP contribution in [0.15, 0.2) is 24.3 Å². The molecule has 0 fully saturated rings. The second kappa shape index (κ2) is 4.33. The average molecular weight is 194 g/mol. The Kier molecular flexibility index (Phi) is 3.36. The van der Waals surface area contributed by atoms with Gasteiger partial charge in [-0.25, -0.2) is 0 Å². The third kappa shape index (κ3) is 3.26. The van der Waals surface area contributed by atoms with Gasteiger partial charge in [0, 0.05) is 23.5 Å². The molecule has 1 aromatic rings. The molecule has 0 amide bonds. The molecule has 0 heterocycles. The molecule has 78 valence electrons. The number of anilines is 2. The van der Waals surface area contributed by atoms with Crippen LogP contribution in [-0.2, 0) is 0 Å². The predicted molar refractivity (Wildman–Crippen MR) is 60.3 cm³/mol. The van der Waals surface area contributed by atoms with Crippen molar-refractivity contribution < 1.29 is 5.11 Å². The van der Waals surface area contributed by atoms with Gasteiger partial charge in [-0.2, -0.15) is 0 Å². The molecule has 14 heavy (non-hydrogen) atoms. The fourth-order valence-corrected chi connectivity index (χ4v) is 1.30. The standard InChI is InChI=1S/C11H18N2O/c1-11(2,7-8-14)13-10-5-3-9(12)4-6-10/h3-6,13-14H,7-8,12H2,1-2H3. The molecule has 1 rings (SSSR count). The highest BCUT2D eigenvalue weighted by Crippen LogP contribution is 2.18. The Bertz CT molecular complexity index is 280. The van der Waals surface area contributed by atoms with Crippen LogP contribution in [0.5, 0.6) is 0 Å². The van der Waals surface area contributed by atoms with Gasteiger partial charge in [0.15, 0.2) is 0 Å². The molecule has 0 unspecified atom stereocenters. The van der Waals surface area contributed by atoms with Gasteiger partial charge in [-0.3, -0.25) is 0 Å². The first-order valence-corrected chi connectivity index (χ1v) is 4.78. The zero-order valence-electron chi connectivity index (χ0n) is 8.75. The van der Waals surface area contributed by atoms with Crippen LogP contribution in [0.4, 0.5) is 11.4 Å². The van der Waals surface area contributed by atoms with E-state index in [2.05, 4.69) is 19.2 Å². The highest BCUT2D eigenvalue weighted by atomic mass is 16.3. The first kappa shape index (κ1) is 10.9. The molecule has 3 nitrogen and oxygen atoms in total. The summed E-state index contributed by atoms with van der Waals surface area (Å²) in [6.07, 6.45) is 0.720. The largest absolute Gasteiger partial charge is 0.399 e. The minimum absolute atomic E-state index is 0.0924. The van der Waals surface area contributed by atoms with Gasteiger partial charge in [0.25, 0.3) is 0 Å². The number of hydrogen-bond donors (Lipinski definition) is 3. The van der Waals surface area contributed by atoms with E-state index in [1.165, 1.54) is 0 Å². The second-order valence-corrected chi connectivity index (χ2v) is 4.10. The highest BCUT2D eigenvalue weighted by Gasteiger charge is 2.15. The van der Waals surface area contributed by atoms with Gasteiger partial charge in [0.1, 0.15) is 0 Å². The van der Waals surface area contributed by atoms with Crippen LogP contribution >= 0.6 is 0 Å². The number of benzene rings is 1. The maximum absolute atomic E-state index is 8.86. The molecule has 0 saturated heterocycles. The van der Waals surface area contributed by atoms with Crippen LogP contribution in [0.3, 0.4) is 0 Å². The summed E-state index contributed by atoms with van der Waals surface area (Å²) in [5.74, 6) is 0. The van der Waals surface area contributed by atoms with Crippen molar-refractivity contribution in [1.82, 2.24) is 0 Å². The Balaban J connectivity index is 2.64. The lowest BCUT2D eigenvalue weighted by molar-refractivity contribution is 0.261. The van der Waals surface area contributed by atoms with Crippen molar-refractivity contribution in [3.63, 3.8) is 0 Å². The molecule has 0 aliphatic carbocycles. The Morgan fingerprint density at radius 2 is 1.86 bits per heavy atom. The summed E-state index contributed by atoms with van der Waals surface area (Å²) in [5.41, 5.74) is 7.27. The third-order valence-corrected chi connectivity index (χ3v) is 2.13. The number of nitrogens with two attached hydrogens (primary N) is 1. The third-order valence-electron chi connectivity index (χ3n) is 2.13. The Hall–Kier alpha value is -1.22. The number of aliphatic hydroxyl groups excluding tert-OH is 1. The Labute approximate surface area is 84.9 Å². The van der Waals surface area contributed by atoms with E-state index < -0.39 is 0 Å². The summed E-state index contributed by atoms with van der Waals surface area (Å²) in [6, 6.07) is 7.59. The summed E-state index contributed by atoms with van der Waals surface area (Å²) in [4.78, 5) is 0. The minimum Gasteiger partial charge on any atom is -0.399 e. The fraction of sp³-hybridized carbons (Fsp3) is 0.455. The van der Waals surface area contributed by atoms with E-state index in [0.717, 1.165) is 17.8 Å². The van der Waals surface area contributed by atoms with Crippen molar-refractivity contribution in [3.05, 3.63) is 24.3 Å². The van der Waals surface area contributed by atoms with Gasteiger partial charge >= 0.3 is 0 Å². The molecular weight excluding hydrogens is 176 g/mol. The molecule has 3 heteroatoms. The SMILES string of the molecule is CC(C)(CCO)Nc1ccc(N)cc1. The van der Waals surface area contributed by atoms with Gasteiger partial charge < -0.3 is 16.2 Å². The van der Waals surface area contributed by atoms with Crippen LogP contribution in [0.25, 0.3) is 0 Å². The fourth-order valence-electron chi connectivity index (χ4n) is 1.30. The average Bonchev–Trinajstić information content (AvgIpc) is 2.08. The van der Waals surface area contributed by atoms with Gasteiger partial charge in [-0.15, -0.1) is 0 Å². The Morgan fingerprint density at radius 1 is 1.29 bits per heavy atom. The van der Waals surface area contributed by atoms with Crippen LogP contribution in [0.2, 0.25) is 0 Å². The van der Waals surface area contributed by atoms with Crippen LogP contribution in [0, 0.1) is 0 Å². The van der Waals surface area contributed by atoms with Crippen molar-refractivity contribution >= 4 is 11.4 Å². The maximum Gasteiger partial charge on any atom is 0.0453 e. The smallest absolute Gasteiger partial charge is 0.0453 e. The second-order valence-electron chi connectivity index (χ2n) is 4.10. The molecule has 0 aromatic heterocycles. The van der Waals surface area contributed by atoms with Crippen LogP contribution < -0.4 is 11.1 Å². The van der Waals surface area contributed by atoms with Crippen molar-refractivity contribution in [3.8, 4) is 0 Å². The van der Waals surface area contributed by atoms with Crippen molar-refractivity contribution in [1.29, 1.82) is 0 Å². The highest BCUT2D eigenvalue weighted by molar-refractivity contribution is 5.52. The van der Waals surface area contributed by atoms with E-state index in [-0.39, 0.29) is 12.1 Å². The van der Waals surface area contributed by atoms with E-state index in [4.69, 9.17) is 10.8 Å². The van der Waals surface area contributed by atoms with Gasteiger partial charge in [-0.1, -0.05) is 0 Å². The number of hydrogen-bond acceptors (Lipinski definition) is 3. The summed E-state index contributed by atoms with van der Waals surface area (Å²) in [7, 11) is 0. The van der Waals surface area contributed by atoms with Gasteiger partial charge in [0.2, 0.25) is 0 Å². The molecule has 0 aliphatic rings. The number of rotatable bonds is 4. The van der Waals surface area contributed by atoms with E-state index in [9.17, 15) is 0 Å². The minimum atomic E-state index is -0.0924. The van der Waals surface area contributed by atoms with E-state index in [1.807, 2.05) is 24.3 Å². The zero-order valence-corrected chi connectivity index (χ0v) is 8.75. The summed E-state index contributed by atoms with van der Waals surface area (Å²) >= 11 is 0. The molecule has 1 aromatic carbocycles. The van der Waals surface area contributed by atoms with Gasteiger partial charge in [0.05, 0.1) is 0 Å². The summed E-state index contributed by atoms with van der Waals surface area (Å²) < 4.78 is 0. The molecule has 4 N–H and O–H groups in total. The molecular formula is C11H18N2O. The number of nitrogens with one attached hydrogen (secondary N) is 1. The quantitative estimate of drug-likeness (QED) is 0.641. The molecule has 0 spiro atoms. The first-order chi connectivity index (χ1) is 6.53. The summed E-state index contributed by atoms with van der Waals surface area (Å²) in [5, 5.41) is 12.2. The Morgan fingerprint density at radius 3 is 2.36 bits per heavy atom. The van der Waals surface area contributed by atoms with E-state index >= 15 is 0 Å². The van der Waals surface area contributed by atoms with Crippen molar-refractivity contribution in [2.24, 2.45) is 0 Å². The number of nitrogen functional groups attached to an aromatic ring is 1. The normalized spacial score (nSPS) is 11.4. The predicted octanol–water partition coefficient (Wildman–Crippen LogP) is 1.84. The maximum atomic E-state index is 8.86. The van der Waals surface area contributed by atoms with Crippen LogP contribution in [0.1, 0.15) is 20.3 Å². The van der Waals surface area contributed by atoms with Crippen molar-refractivity contribution in [2.45, 2.75) is 25.8 Å².